The number of ether oxygens (including phenoxy) is 2. The van der Waals surface area contributed by atoms with Gasteiger partial charge in [0.05, 0.1) is 19.8 Å². The van der Waals surface area contributed by atoms with Gasteiger partial charge in [0.1, 0.15) is 0 Å². The number of nitrogens with zero attached hydrogens (tertiary/aromatic N) is 2. The highest BCUT2D eigenvalue weighted by molar-refractivity contribution is 5.79. The maximum absolute atomic E-state index is 5.90. The minimum absolute atomic E-state index is 0.103. The molecule has 0 amide bonds. The SMILES string of the molecule is CCNC(=NCc1cccnc1OC)NCCCOC(C)c1ccccc1. The molecule has 0 saturated carbocycles. The van der Waals surface area contributed by atoms with E-state index in [1.165, 1.54) is 5.56 Å². The van der Waals surface area contributed by atoms with Crippen molar-refractivity contribution < 1.29 is 9.47 Å². The minimum atomic E-state index is 0.103. The second kappa shape index (κ2) is 11.9. The van der Waals surface area contributed by atoms with Crippen molar-refractivity contribution in [1.29, 1.82) is 0 Å². The molecule has 0 spiro atoms. The summed E-state index contributed by atoms with van der Waals surface area (Å²) in [7, 11) is 1.62. The molecular weight excluding hydrogens is 340 g/mol. The molecule has 1 aromatic carbocycles. The molecule has 6 heteroatoms. The number of hydrogen-bond donors (Lipinski definition) is 2. The number of aliphatic imine (C=N–C) groups is 1. The Balaban J connectivity index is 1.75. The summed E-state index contributed by atoms with van der Waals surface area (Å²) in [6, 6.07) is 14.1. The second-order valence-corrected chi connectivity index (χ2v) is 6.07. The van der Waals surface area contributed by atoms with Crippen LogP contribution in [-0.2, 0) is 11.3 Å². The second-order valence-electron chi connectivity index (χ2n) is 6.07. The minimum Gasteiger partial charge on any atom is -0.481 e. The first-order valence-electron chi connectivity index (χ1n) is 9.41. The van der Waals surface area contributed by atoms with Crippen LogP contribution in [0, 0.1) is 0 Å². The Bertz CT molecular complexity index is 692. The highest BCUT2D eigenvalue weighted by Gasteiger charge is 2.05. The first kappa shape index (κ1) is 20.7. The van der Waals surface area contributed by atoms with Gasteiger partial charge in [-0.3, -0.25) is 0 Å². The number of aromatic nitrogens is 1. The van der Waals surface area contributed by atoms with Crippen LogP contribution < -0.4 is 15.4 Å². The highest BCUT2D eigenvalue weighted by Crippen LogP contribution is 2.16. The topological polar surface area (TPSA) is 67.8 Å². The predicted molar refractivity (Wildman–Crippen MR) is 109 cm³/mol. The molecule has 0 aliphatic rings. The fourth-order valence-corrected chi connectivity index (χ4v) is 2.59. The summed E-state index contributed by atoms with van der Waals surface area (Å²) in [6.45, 7) is 6.92. The molecule has 2 rings (SSSR count). The fourth-order valence-electron chi connectivity index (χ4n) is 2.59. The van der Waals surface area contributed by atoms with E-state index in [0.29, 0.717) is 19.0 Å². The summed E-state index contributed by atoms with van der Waals surface area (Å²) in [5.74, 6) is 1.39. The fraction of sp³-hybridized carbons (Fsp3) is 0.429. The highest BCUT2D eigenvalue weighted by atomic mass is 16.5. The van der Waals surface area contributed by atoms with E-state index in [1.54, 1.807) is 13.3 Å². The predicted octanol–water partition coefficient (Wildman–Crippen LogP) is 3.31. The third-order valence-electron chi connectivity index (χ3n) is 4.05. The van der Waals surface area contributed by atoms with Crippen LogP contribution in [0.4, 0.5) is 0 Å². The van der Waals surface area contributed by atoms with Gasteiger partial charge in [-0.1, -0.05) is 36.4 Å². The van der Waals surface area contributed by atoms with E-state index in [4.69, 9.17) is 9.47 Å². The molecule has 0 aliphatic carbocycles. The molecular formula is C21H30N4O2. The van der Waals surface area contributed by atoms with Crippen LogP contribution in [0.25, 0.3) is 0 Å². The van der Waals surface area contributed by atoms with E-state index in [0.717, 1.165) is 31.0 Å². The van der Waals surface area contributed by atoms with Crippen molar-refractivity contribution in [3.05, 3.63) is 59.8 Å². The molecule has 0 aliphatic heterocycles. The smallest absolute Gasteiger partial charge is 0.218 e. The zero-order valence-corrected chi connectivity index (χ0v) is 16.4. The lowest BCUT2D eigenvalue weighted by Crippen LogP contribution is -2.38. The molecule has 27 heavy (non-hydrogen) atoms. The number of hydrogen-bond acceptors (Lipinski definition) is 4. The first-order chi connectivity index (χ1) is 13.2. The summed E-state index contributed by atoms with van der Waals surface area (Å²) in [6.07, 6.45) is 2.72. The summed E-state index contributed by atoms with van der Waals surface area (Å²) in [5.41, 5.74) is 2.16. The lowest BCUT2D eigenvalue weighted by molar-refractivity contribution is 0.0646. The zero-order chi connectivity index (χ0) is 19.3. The maximum atomic E-state index is 5.90. The van der Waals surface area contributed by atoms with E-state index in [1.807, 2.05) is 37.3 Å². The van der Waals surface area contributed by atoms with E-state index in [9.17, 15) is 0 Å². The number of methoxy groups -OCH3 is 1. The Kier molecular flexibility index (Phi) is 9.13. The Hall–Kier alpha value is -2.60. The number of benzene rings is 1. The molecule has 2 aromatic rings. The van der Waals surface area contributed by atoms with Crippen molar-refractivity contribution in [2.75, 3.05) is 26.8 Å². The largest absolute Gasteiger partial charge is 0.481 e. The number of guanidine groups is 1. The van der Waals surface area contributed by atoms with Gasteiger partial charge in [0.15, 0.2) is 5.96 Å². The maximum Gasteiger partial charge on any atom is 0.218 e. The molecule has 146 valence electrons. The van der Waals surface area contributed by atoms with Crippen LogP contribution in [-0.4, -0.2) is 37.7 Å². The summed E-state index contributed by atoms with van der Waals surface area (Å²) < 4.78 is 11.2. The zero-order valence-electron chi connectivity index (χ0n) is 16.4. The molecule has 1 aromatic heterocycles. The summed E-state index contributed by atoms with van der Waals surface area (Å²) in [5, 5.41) is 6.59. The average molecular weight is 370 g/mol. The van der Waals surface area contributed by atoms with Gasteiger partial charge in [-0.05, 0) is 31.9 Å². The molecule has 0 saturated heterocycles. The van der Waals surface area contributed by atoms with Gasteiger partial charge in [-0.2, -0.15) is 0 Å². The van der Waals surface area contributed by atoms with Gasteiger partial charge < -0.3 is 20.1 Å². The van der Waals surface area contributed by atoms with Crippen molar-refractivity contribution in [3.8, 4) is 5.88 Å². The molecule has 1 heterocycles. The third kappa shape index (κ3) is 7.27. The van der Waals surface area contributed by atoms with Crippen LogP contribution >= 0.6 is 0 Å². The van der Waals surface area contributed by atoms with E-state index in [2.05, 4.69) is 39.7 Å². The Morgan fingerprint density at radius 1 is 1.15 bits per heavy atom. The van der Waals surface area contributed by atoms with Crippen molar-refractivity contribution in [2.24, 2.45) is 4.99 Å². The summed E-state index contributed by atoms with van der Waals surface area (Å²) >= 11 is 0. The molecule has 1 atom stereocenters. The van der Waals surface area contributed by atoms with Gasteiger partial charge in [0, 0.05) is 31.5 Å². The van der Waals surface area contributed by atoms with Crippen LogP contribution in [0.5, 0.6) is 5.88 Å². The number of rotatable bonds is 10. The quantitative estimate of drug-likeness (QED) is 0.381. The molecule has 6 nitrogen and oxygen atoms in total. The van der Waals surface area contributed by atoms with Gasteiger partial charge in [0.25, 0.3) is 0 Å². The Morgan fingerprint density at radius 2 is 1.96 bits per heavy atom. The van der Waals surface area contributed by atoms with Crippen molar-refractivity contribution in [3.63, 3.8) is 0 Å². The molecule has 0 fully saturated rings. The van der Waals surface area contributed by atoms with Gasteiger partial charge in [-0.25, -0.2) is 9.98 Å². The lowest BCUT2D eigenvalue weighted by Gasteiger charge is -2.15. The lowest BCUT2D eigenvalue weighted by atomic mass is 10.1. The van der Waals surface area contributed by atoms with Gasteiger partial charge in [-0.15, -0.1) is 0 Å². The molecule has 2 N–H and O–H groups in total. The van der Waals surface area contributed by atoms with E-state index < -0.39 is 0 Å². The van der Waals surface area contributed by atoms with Crippen LogP contribution in [0.15, 0.2) is 53.7 Å². The van der Waals surface area contributed by atoms with E-state index in [-0.39, 0.29) is 6.10 Å². The molecule has 1 unspecified atom stereocenters. The summed E-state index contributed by atoms with van der Waals surface area (Å²) in [4.78, 5) is 8.81. The van der Waals surface area contributed by atoms with Crippen LogP contribution in [0.3, 0.4) is 0 Å². The van der Waals surface area contributed by atoms with Gasteiger partial charge >= 0.3 is 0 Å². The molecule has 0 radical (unpaired) electrons. The normalized spacial score (nSPS) is 12.5. The average Bonchev–Trinajstić information content (AvgIpc) is 2.72. The number of nitrogens with one attached hydrogen (secondary N) is 2. The van der Waals surface area contributed by atoms with Gasteiger partial charge in [0.2, 0.25) is 5.88 Å². The standard InChI is InChI=1S/C21H30N4O2/c1-4-22-21(25-16-19-12-8-13-23-20(19)26-3)24-14-9-15-27-17(2)18-10-6-5-7-11-18/h5-8,10-13,17H,4,9,14-16H2,1-3H3,(H2,22,24,25). The van der Waals surface area contributed by atoms with Crippen LogP contribution in [0.1, 0.15) is 37.5 Å². The Labute approximate surface area is 162 Å². The monoisotopic (exact) mass is 370 g/mol. The molecule has 0 bridgehead atoms. The van der Waals surface area contributed by atoms with Crippen LogP contribution in [0.2, 0.25) is 0 Å². The van der Waals surface area contributed by atoms with E-state index >= 15 is 0 Å². The Morgan fingerprint density at radius 3 is 2.70 bits per heavy atom. The number of pyridine rings is 1. The third-order valence-corrected chi connectivity index (χ3v) is 4.05. The van der Waals surface area contributed by atoms with Crippen molar-refractivity contribution in [2.45, 2.75) is 32.9 Å². The van der Waals surface area contributed by atoms with Crippen molar-refractivity contribution >= 4 is 5.96 Å². The first-order valence-corrected chi connectivity index (χ1v) is 9.41. The van der Waals surface area contributed by atoms with Crippen molar-refractivity contribution in [1.82, 2.24) is 15.6 Å².